The molecule has 1 aliphatic carbocycles. The minimum absolute atomic E-state index is 0.0182. The van der Waals surface area contributed by atoms with Crippen LogP contribution in [0.1, 0.15) is 35.5 Å². The number of halogens is 2. The summed E-state index contributed by atoms with van der Waals surface area (Å²) in [7, 11) is 14.7. The minimum atomic E-state index is -6.24. The summed E-state index contributed by atoms with van der Waals surface area (Å²) in [5.74, 6) is 0. The first-order valence-corrected chi connectivity index (χ1v) is 22.1. The molecule has 0 radical (unpaired) electrons. The molecule has 6 heteroatoms. The summed E-state index contributed by atoms with van der Waals surface area (Å²) in [6.45, 7) is 5.77. The van der Waals surface area contributed by atoms with E-state index < -0.39 is 22.8 Å². The second-order valence-electron chi connectivity index (χ2n) is 8.68. The van der Waals surface area contributed by atoms with Gasteiger partial charge in [-0.05, 0) is 0 Å². The normalized spacial score (nSPS) is 22.7. The van der Waals surface area contributed by atoms with Gasteiger partial charge in [-0.1, -0.05) is 0 Å². The fraction of sp³-hybridized carbons (Fsp3) is 0.471. The SMILES string of the molecule is [CH2]=[Zr]([CH3])([Cl])([Cl])([NH]C(C)(C)C)([O]CCO)[CH]1C=Cc2ccccc21. The van der Waals surface area contributed by atoms with Crippen molar-refractivity contribution in [1.29, 1.82) is 0 Å². The van der Waals surface area contributed by atoms with Crippen molar-refractivity contribution in [1.82, 2.24) is 3.26 Å². The van der Waals surface area contributed by atoms with E-state index in [1.165, 1.54) is 0 Å². The molecule has 130 valence electrons. The number of allylic oxidation sites excluding steroid dienone is 1. The van der Waals surface area contributed by atoms with Gasteiger partial charge in [-0.15, -0.1) is 0 Å². The average molecular weight is 440 g/mol. The molecule has 0 amide bonds. The predicted octanol–water partition coefficient (Wildman–Crippen LogP) is 4.53. The third-order valence-electron chi connectivity index (χ3n) is 4.36. The molecule has 3 nitrogen and oxygen atoms in total. The van der Waals surface area contributed by atoms with Gasteiger partial charge in [-0.25, -0.2) is 0 Å². The topological polar surface area (TPSA) is 41.5 Å². The van der Waals surface area contributed by atoms with Crippen LogP contribution in [0.4, 0.5) is 0 Å². The van der Waals surface area contributed by atoms with E-state index in [-0.39, 0.29) is 13.2 Å². The molecule has 1 aromatic rings. The van der Waals surface area contributed by atoms with Crippen LogP contribution in [0.15, 0.2) is 30.3 Å². The average Bonchev–Trinajstić information content (AvgIpc) is 2.79. The first-order chi connectivity index (χ1) is 10.1. The number of aliphatic hydroxyl groups is 1. The van der Waals surface area contributed by atoms with Gasteiger partial charge in [0.2, 0.25) is 0 Å². The zero-order valence-electron chi connectivity index (χ0n) is 14.3. The number of benzene rings is 1. The number of aliphatic hydroxyl groups excluding tert-OH is 1. The van der Waals surface area contributed by atoms with Crippen LogP contribution in [-0.4, -0.2) is 28.1 Å². The monoisotopic (exact) mass is 437 g/mol. The molecule has 2 N–H and O–H groups in total. The molecule has 2 rings (SSSR count). The maximum atomic E-state index is 9.32. The van der Waals surface area contributed by atoms with E-state index >= 15 is 0 Å². The molecule has 0 saturated heterocycles. The Hall–Kier alpha value is 0.173. The van der Waals surface area contributed by atoms with E-state index in [0.29, 0.717) is 0 Å². The number of hydrogen-bond donors (Lipinski definition) is 2. The molecule has 23 heavy (non-hydrogen) atoms. The molecule has 1 unspecified atom stereocenters. The third-order valence-corrected chi connectivity index (χ3v) is 22.9. The molecule has 0 saturated carbocycles. The Kier molecular flexibility index (Phi) is 3.95. The predicted molar refractivity (Wildman–Crippen MR) is 98.8 cm³/mol. The van der Waals surface area contributed by atoms with Gasteiger partial charge in [-0.3, -0.25) is 0 Å². The Morgan fingerprint density at radius 3 is 2.48 bits per heavy atom. The van der Waals surface area contributed by atoms with Crippen molar-refractivity contribution in [2.24, 2.45) is 0 Å². The summed E-state index contributed by atoms with van der Waals surface area (Å²) >= 11 is -6.24. The van der Waals surface area contributed by atoms with Crippen LogP contribution in [0.3, 0.4) is 0 Å². The van der Waals surface area contributed by atoms with Gasteiger partial charge < -0.3 is 0 Å². The van der Waals surface area contributed by atoms with Crippen molar-refractivity contribution in [3.05, 3.63) is 41.5 Å². The van der Waals surface area contributed by atoms with Crippen LogP contribution in [0.2, 0.25) is 4.63 Å². The summed E-state index contributed by atoms with van der Waals surface area (Å²) in [5, 5.41) is 9.32. The van der Waals surface area contributed by atoms with E-state index in [4.69, 9.17) is 19.8 Å². The Balaban J connectivity index is 2.76. The molecule has 0 heterocycles. The number of hydrogen-bond acceptors (Lipinski definition) is 3. The quantitative estimate of drug-likeness (QED) is 0.708. The van der Waals surface area contributed by atoms with Crippen molar-refractivity contribution >= 4 is 27.3 Å². The van der Waals surface area contributed by atoms with Gasteiger partial charge in [0.25, 0.3) is 0 Å². The molecular formula is C17H27Cl2NO2Zr. The number of fused-ring (bicyclic) bond motifs is 1. The molecular weight excluding hydrogens is 412 g/mol. The molecule has 0 aliphatic heterocycles. The van der Waals surface area contributed by atoms with E-state index in [9.17, 15) is 5.11 Å². The third kappa shape index (κ3) is 3.73. The maximum absolute atomic E-state index is 9.32. The first kappa shape index (κ1) is 19.5. The van der Waals surface area contributed by atoms with E-state index in [0.717, 1.165) is 11.1 Å². The Morgan fingerprint density at radius 1 is 1.30 bits per heavy atom. The fourth-order valence-corrected chi connectivity index (χ4v) is 24.9. The van der Waals surface area contributed by atoms with Gasteiger partial charge in [0, 0.05) is 0 Å². The molecule has 0 aromatic heterocycles. The van der Waals surface area contributed by atoms with Crippen LogP contribution in [0.25, 0.3) is 6.08 Å². The van der Waals surface area contributed by atoms with Crippen molar-refractivity contribution in [3.63, 3.8) is 0 Å². The molecule has 1 aliphatic rings. The second kappa shape index (κ2) is 4.66. The second-order valence-corrected chi connectivity index (χ2v) is 45.2. The van der Waals surface area contributed by atoms with Gasteiger partial charge in [-0.2, -0.15) is 0 Å². The summed E-state index contributed by atoms with van der Waals surface area (Å²) in [4.78, 5) is 0. The van der Waals surface area contributed by atoms with Crippen molar-refractivity contribution in [2.75, 3.05) is 13.2 Å². The zero-order chi connectivity index (χ0) is 17.7. The molecule has 1 aromatic carbocycles. The van der Waals surface area contributed by atoms with Crippen LogP contribution < -0.4 is 3.26 Å². The molecule has 0 spiro atoms. The zero-order valence-corrected chi connectivity index (χ0v) is 18.2. The van der Waals surface area contributed by atoms with E-state index in [2.05, 4.69) is 7.47 Å². The Morgan fingerprint density at radius 2 is 1.91 bits per heavy atom. The van der Waals surface area contributed by atoms with Crippen molar-refractivity contribution in [3.8, 4) is 0 Å². The summed E-state index contributed by atoms with van der Waals surface area (Å²) in [6, 6.07) is 7.94. The van der Waals surface area contributed by atoms with Crippen LogP contribution in [-0.2, 0) is 16.5 Å². The standard InChI is InChI=1S/C9H7.C4H10N.C2H5O2.CH3.CH2.2ClH.Zr/c1-2-5-9-7-3-6-8(9)4-1;1-4(2,3)5;3-1-2-4;;;;;/h1-7H;5H,1-3H3;3H,1-2H2;1H3;1H2;2*1H;/q;2*-1;;;;;+4/p-2. The Bertz CT molecular complexity index is 785. The number of rotatable bonds is 5. The van der Waals surface area contributed by atoms with Gasteiger partial charge in [0.05, 0.1) is 0 Å². The van der Waals surface area contributed by atoms with Crippen molar-refractivity contribution < 1.29 is 21.6 Å². The van der Waals surface area contributed by atoms with Gasteiger partial charge in [0.15, 0.2) is 0 Å². The number of nitrogens with one attached hydrogen (secondary N) is 1. The van der Waals surface area contributed by atoms with Crippen LogP contribution in [0.5, 0.6) is 0 Å². The van der Waals surface area contributed by atoms with Gasteiger partial charge >= 0.3 is 141 Å². The fourth-order valence-electron chi connectivity index (χ4n) is 4.00. The summed E-state index contributed by atoms with van der Waals surface area (Å²) in [6.07, 6.45) is 3.97. The Labute approximate surface area is 140 Å². The molecule has 1 atom stereocenters. The first-order valence-electron chi connectivity index (χ1n) is 7.90. The molecule has 0 fully saturated rings. The van der Waals surface area contributed by atoms with Gasteiger partial charge in [0.1, 0.15) is 0 Å². The van der Waals surface area contributed by atoms with Crippen molar-refractivity contribution in [2.45, 2.75) is 34.6 Å². The van der Waals surface area contributed by atoms with E-state index in [1.54, 1.807) is 4.63 Å². The summed E-state index contributed by atoms with van der Waals surface area (Å²) in [5.41, 5.74) is 1.62. The van der Waals surface area contributed by atoms with E-state index in [1.807, 2.05) is 57.2 Å². The van der Waals surface area contributed by atoms with Crippen LogP contribution >= 0.6 is 17.0 Å². The summed E-state index contributed by atoms with van der Waals surface area (Å²) < 4.78 is 15.3. The van der Waals surface area contributed by atoms with Crippen LogP contribution in [0, 0.1) is 0 Å². The molecule has 0 bridgehead atoms.